The Balaban J connectivity index is 1.38. The molecular formula is C19H18N6OS2. The van der Waals surface area contributed by atoms with Gasteiger partial charge in [-0.1, -0.05) is 36.1 Å². The first-order chi connectivity index (χ1) is 13.6. The zero-order chi connectivity index (χ0) is 19.5. The van der Waals surface area contributed by atoms with Crippen LogP contribution in [0, 0.1) is 6.92 Å². The lowest BCUT2D eigenvalue weighted by atomic mass is 10.2. The molecule has 142 valence electrons. The predicted molar refractivity (Wildman–Crippen MR) is 113 cm³/mol. The van der Waals surface area contributed by atoms with E-state index in [9.17, 15) is 4.79 Å². The Morgan fingerprint density at radius 3 is 2.89 bits per heavy atom. The number of carbonyl (C=O) groups is 1. The van der Waals surface area contributed by atoms with Crippen LogP contribution in [0.2, 0.25) is 0 Å². The SMILES string of the molecule is CCc1nnc(NC(=O)CSc2ccc(-c3nc4ccc(C)cc4[nH]3)cn2)s1. The number of H-pyrrole nitrogens is 1. The molecule has 0 atom stereocenters. The molecule has 0 bridgehead atoms. The van der Waals surface area contributed by atoms with E-state index in [1.807, 2.05) is 31.2 Å². The van der Waals surface area contributed by atoms with E-state index in [-0.39, 0.29) is 11.7 Å². The summed E-state index contributed by atoms with van der Waals surface area (Å²) in [5.74, 6) is 0.921. The molecule has 9 heteroatoms. The lowest BCUT2D eigenvalue weighted by Crippen LogP contribution is -2.13. The fourth-order valence-corrected chi connectivity index (χ4v) is 3.95. The maximum Gasteiger partial charge on any atom is 0.236 e. The van der Waals surface area contributed by atoms with E-state index < -0.39 is 0 Å². The van der Waals surface area contributed by atoms with E-state index in [0.29, 0.717) is 5.13 Å². The lowest BCUT2D eigenvalue weighted by Gasteiger charge is -2.02. The lowest BCUT2D eigenvalue weighted by molar-refractivity contribution is -0.113. The van der Waals surface area contributed by atoms with Gasteiger partial charge >= 0.3 is 0 Å². The first kappa shape index (κ1) is 18.6. The van der Waals surface area contributed by atoms with Gasteiger partial charge in [0.1, 0.15) is 10.8 Å². The molecule has 4 aromatic rings. The summed E-state index contributed by atoms with van der Waals surface area (Å²) in [6.07, 6.45) is 2.58. The van der Waals surface area contributed by atoms with Crippen LogP contribution in [-0.4, -0.2) is 36.8 Å². The van der Waals surface area contributed by atoms with Gasteiger partial charge in [-0.3, -0.25) is 10.1 Å². The predicted octanol–water partition coefficient (Wildman–Crippen LogP) is 4.08. The van der Waals surface area contributed by atoms with Gasteiger partial charge in [0.15, 0.2) is 0 Å². The molecule has 0 aliphatic heterocycles. The number of hydrogen-bond acceptors (Lipinski definition) is 7. The van der Waals surface area contributed by atoms with Crippen molar-refractivity contribution in [2.75, 3.05) is 11.1 Å². The van der Waals surface area contributed by atoms with Gasteiger partial charge in [0.2, 0.25) is 11.0 Å². The molecule has 7 nitrogen and oxygen atoms in total. The standard InChI is InChI=1S/C19H18N6OS2/c1-3-16-24-25-19(28-16)23-15(26)10-27-17-7-5-12(9-20-17)18-21-13-6-4-11(2)8-14(13)22-18/h4-9H,3,10H2,1-2H3,(H,21,22)(H,23,25,26). The highest BCUT2D eigenvalue weighted by molar-refractivity contribution is 7.99. The van der Waals surface area contributed by atoms with Crippen molar-refractivity contribution in [1.29, 1.82) is 0 Å². The highest BCUT2D eigenvalue weighted by Crippen LogP contribution is 2.23. The number of aryl methyl sites for hydroxylation is 2. The molecule has 0 radical (unpaired) electrons. The van der Waals surface area contributed by atoms with Gasteiger partial charge in [-0.25, -0.2) is 9.97 Å². The third-order valence-electron chi connectivity index (χ3n) is 4.01. The molecule has 0 saturated carbocycles. The molecule has 3 aromatic heterocycles. The van der Waals surface area contributed by atoms with Crippen LogP contribution >= 0.6 is 23.1 Å². The summed E-state index contributed by atoms with van der Waals surface area (Å²) in [5, 5.41) is 12.9. The van der Waals surface area contributed by atoms with E-state index in [0.717, 1.165) is 38.9 Å². The van der Waals surface area contributed by atoms with Crippen molar-refractivity contribution in [1.82, 2.24) is 25.1 Å². The monoisotopic (exact) mass is 410 g/mol. The maximum absolute atomic E-state index is 12.1. The molecule has 28 heavy (non-hydrogen) atoms. The minimum absolute atomic E-state index is 0.123. The normalized spacial score (nSPS) is 11.1. The molecule has 0 fully saturated rings. The average Bonchev–Trinajstić information content (AvgIpc) is 3.33. The van der Waals surface area contributed by atoms with Gasteiger partial charge in [-0.05, 0) is 43.2 Å². The van der Waals surface area contributed by atoms with Crippen molar-refractivity contribution in [3.05, 3.63) is 47.1 Å². The van der Waals surface area contributed by atoms with E-state index in [4.69, 9.17) is 0 Å². The first-order valence-corrected chi connectivity index (χ1v) is 10.6. The molecular weight excluding hydrogens is 392 g/mol. The molecule has 1 amide bonds. The second-order valence-electron chi connectivity index (χ2n) is 6.18. The van der Waals surface area contributed by atoms with Gasteiger partial charge in [-0.15, -0.1) is 10.2 Å². The molecule has 0 spiro atoms. The number of amides is 1. The van der Waals surface area contributed by atoms with Gasteiger partial charge in [0.25, 0.3) is 0 Å². The quantitative estimate of drug-likeness (QED) is 0.465. The van der Waals surface area contributed by atoms with E-state index in [2.05, 4.69) is 43.5 Å². The number of aromatic nitrogens is 5. The highest BCUT2D eigenvalue weighted by Gasteiger charge is 2.10. The fourth-order valence-electron chi connectivity index (χ4n) is 2.61. The number of nitrogens with one attached hydrogen (secondary N) is 2. The van der Waals surface area contributed by atoms with Crippen LogP contribution in [-0.2, 0) is 11.2 Å². The number of hydrogen-bond donors (Lipinski definition) is 2. The zero-order valence-electron chi connectivity index (χ0n) is 15.4. The molecule has 0 saturated heterocycles. The molecule has 1 aromatic carbocycles. The van der Waals surface area contributed by atoms with Gasteiger partial charge < -0.3 is 4.98 Å². The van der Waals surface area contributed by atoms with Crippen molar-refractivity contribution in [2.24, 2.45) is 0 Å². The smallest absolute Gasteiger partial charge is 0.236 e. The number of benzene rings is 1. The third-order valence-corrected chi connectivity index (χ3v) is 5.94. The molecule has 0 aliphatic carbocycles. The molecule has 4 rings (SSSR count). The summed E-state index contributed by atoms with van der Waals surface area (Å²) >= 11 is 2.77. The van der Waals surface area contributed by atoms with Gasteiger partial charge in [0.05, 0.1) is 21.8 Å². The van der Waals surface area contributed by atoms with Crippen molar-refractivity contribution < 1.29 is 4.79 Å². The molecule has 2 N–H and O–H groups in total. The highest BCUT2D eigenvalue weighted by atomic mass is 32.2. The topological polar surface area (TPSA) is 96.5 Å². The number of imidazole rings is 1. The fraction of sp³-hybridized carbons (Fsp3) is 0.211. The number of fused-ring (bicyclic) bond motifs is 1. The van der Waals surface area contributed by atoms with Gasteiger partial charge in [0, 0.05) is 11.8 Å². The number of pyridine rings is 1. The second-order valence-corrected chi connectivity index (χ2v) is 8.24. The molecule has 0 unspecified atom stereocenters. The summed E-state index contributed by atoms with van der Waals surface area (Å²) < 4.78 is 0. The largest absolute Gasteiger partial charge is 0.338 e. The van der Waals surface area contributed by atoms with Crippen LogP contribution in [0.5, 0.6) is 0 Å². The van der Waals surface area contributed by atoms with Crippen LogP contribution in [0.1, 0.15) is 17.5 Å². The number of thioether (sulfide) groups is 1. The minimum Gasteiger partial charge on any atom is -0.338 e. The van der Waals surface area contributed by atoms with Crippen LogP contribution in [0.4, 0.5) is 5.13 Å². The number of nitrogens with zero attached hydrogens (tertiary/aromatic N) is 4. The third kappa shape index (κ3) is 4.20. The van der Waals surface area contributed by atoms with Crippen LogP contribution in [0.15, 0.2) is 41.6 Å². The summed E-state index contributed by atoms with van der Waals surface area (Å²) in [7, 11) is 0. The Bertz CT molecular complexity index is 1120. The summed E-state index contributed by atoms with van der Waals surface area (Å²) in [5.41, 5.74) is 4.03. The molecule has 3 heterocycles. The van der Waals surface area contributed by atoms with E-state index in [1.165, 1.54) is 28.7 Å². The number of aromatic amines is 1. The van der Waals surface area contributed by atoms with Crippen LogP contribution in [0.3, 0.4) is 0 Å². The Hall–Kier alpha value is -2.78. The van der Waals surface area contributed by atoms with Crippen molar-refractivity contribution in [3.8, 4) is 11.4 Å². The van der Waals surface area contributed by atoms with Crippen LogP contribution in [0.25, 0.3) is 22.4 Å². The number of carbonyl (C=O) groups excluding carboxylic acids is 1. The molecule has 0 aliphatic rings. The van der Waals surface area contributed by atoms with Crippen molar-refractivity contribution in [3.63, 3.8) is 0 Å². The summed E-state index contributed by atoms with van der Waals surface area (Å²) in [6.45, 7) is 4.06. The van der Waals surface area contributed by atoms with Gasteiger partial charge in [-0.2, -0.15) is 0 Å². The average molecular weight is 411 g/mol. The Kier molecular flexibility index (Phi) is 5.36. The van der Waals surface area contributed by atoms with Crippen LogP contribution < -0.4 is 5.32 Å². The number of rotatable bonds is 6. The zero-order valence-corrected chi connectivity index (χ0v) is 17.0. The maximum atomic E-state index is 12.1. The van der Waals surface area contributed by atoms with E-state index in [1.54, 1.807) is 6.20 Å². The second kappa shape index (κ2) is 8.07. The Labute approximate surface area is 170 Å². The minimum atomic E-state index is -0.123. The van der Waals surface area contributed by atoms with Crippen molar-refractivity contribution in [2.45, 2.75) is 25.3 Å². The van der Waals surface area contributed by atoms with Crippen molar-refractivity contribution >= 4 is 45.2 Å². The Morgan fingerprint density at radius 1 is 1.25 bits per heavy atom. The first-order valence-electron chi connectivity index (χ1n) is 8.78. The Morgan fingerprint density at radius 2 is 2.14 bits per heavy atom. The summed E-state index contributed by atoms with van der Waals surface area (Å²) in [6, 6.07) is 9.97. The number of anilines is 1. The summed E-state index contributed by atoms with van der Waals surface area (Å²) in [4.78, 5) is 24.4. The van der Waals surface area contributed by atoms with E-state index >= 15 is 0 Å².